The Hall–Kier alpha value is -2.02. The fraction of sp³-hybridized carbons (Fsp3) is 0.308. The summed E-state index contributed by atoms with van der Waals surface area (Å²) in [4.78, 5) is 36.7. The molecule has 1 aromatic carbocycles. The van der Waals surface area contributed by atoms with Crippen molar-refractivity contribution in [3.63, 3.8) is 0 Å². The third-order valence-corrected chi connectivity index (χ3v) is 3.55. The molecule has 0 bridgehead atoms. The minimum Gasteiger partial charge on any atom is -0.452 e. The Morgan fingerprint density at radius 2 is 2.05 bits per heavy atom. The van der Waals surface area contributed by atoms with Crippen molar-refractivity contribution in [3.05, 3.63) is 29.8 Å². The van der Waals surface area contributed by atoms with Gasteiger partial charge in [0.1, 0.15) is 0 Å². The van der Waals surface area contributed by atoms with Crippen molar-refractivity contribution in [2.24, 2.45) is 0 Å². The fourth-order valence-corrected chi connectivity index (χ4v) is 2.13. The van der Waals surface area contributed by atoms with E-state index in [9.17, 15) is 14.4 Å². The molecule has 1 saturated heterocycles. The van der Waals surface area contributed by atoms with E-state index in [4.69, 9.17) is 4.74 Å². The van der Waals surface area contributed by atoms with Crippen molar-refractivity contribution in [2.75, 3.05) is 26.0 Å². The Balaban J connectivity index is 1.88. The van der Waals surface area contributed by atoms with E-state index in [2.05, 4.69) is 5.32 Å². The van der Waals surface area contributed by atoms with Crippen molar-refractivity contribution in [1.82, 2.24) is 10.2 Å². The number of hydrogen-bond acceptors (Lipinski definition) is 5. The molecule has 6 nitrogen and oxygen atoms in total. The van der Waals surface area contributed by atoms with Crippen LogP contribution in [0.15, 0.2) is 29.2 Å². The molecule has 0 spiro atoms. The van der Waals surface area contributed by atoms with Crippen molar-refractivity contribution in [2.45, 2.75) is 4.90 Å². The van der Waals surface area contributed by atoms with Gasteiger partial charge in [0, 0.05) is 18.0 Å². The van der Waals surface area contributed by atoms with E-state index in [0.717, 1.165) is 9.80 Å². The molecule has 0 aliphatic carbocycles. The van der Waals surface area contributed by atoms with E-state index < -0.39 is 24.5 Å². The second kappa shape index (κ2) is 6.42. The molecule has 0 radical (unpaired) electrons. The van der Waals surface area contributed by atoms with Crippen LogP contribution in [0.25, 0.3) is 0 Å². The normalized spacial score (nSPS) is 14.1. The SMILES string of the molecule is CSc1ccc(C(=O)OCC(=O)N2CCNC2=O)cc1. The molecule has 106 valence electrons. The number of benzene rings is 1. The van der Waals surface area contributed by atoms with E-state index in [0.29, 0.717) is 18.7 Å². The van der Waals surface area contributed by atoms with Gasteiger partial charge in [-0.3, -0.25) is 9.69 Å². The zero-order chi connectivity index (χ0) is 14.5. The molecule has 0 atom stereocenters. The first-order valence-corrected chi connectivity index (χ1v) is 7.23. The van der Waals surface area contributed by atoms with Gasteiger partial charge in [-0.15, -0.1) is 11.8 Å². The standard InChI is InChI=1S/C13H14N2O4S/c1-20-10-4-2-9(3-5-10)12(17)19-8-11(16)15-7-6-14-13(15)18/h2-5H,6-8H2,1H3,(H,14,18). The Labute approximate surface area is 120 Å². The highest BCUT2D eigenvalue weighted by Crippen LogP contribution is 2.15. The summed E-state index contributed by atoms with van der Waals surface area (Å²) in [5, 5.41) is 2.51. The van der Waals surface area contributed by atoms with Gasteiger partial charge >= 0.3 is 12.0 Å². The van der Waals surface area contributed by atoms with Crippen molar-refractivity contribution >= 4 is 29.7 Å². The Kier molecular flexibility index (Phi) is 4.62. The summed E-state index contributed by atoms with van der Waals surface area (Å²) in [5.74, 6) is -1.10. The van der Waals surface area contributed by atoms with Gasteiger partial charge in [-0.1, -0.05) is 0 Å². The largest absolute Gasteiger partial charge is 0.452 e. The molecule has 7 heteroatoms. The molecular formula is C13H14N2O4S. The number of urea groups is 1. The van der Waals surface area contributed by atoms with Crippen LogP contribution in [0.5, 0.6) is 0 Å². The molecule has 0 unspecified atom stereocenters. The number of carbonyl (C=O) groups excluding carboxylic acids is 3. The van der Waals surface area contributed by atoms with Gasteiger partial charge in [0.05, 0.1) is 5.56 Å². The van der Waals surface area contributed by atoms with Gasteiger partial charge in [-0.05, 0) is 30.5 Å². The number of carbonyl (C=O) groups is 3. The number of nitrogens with one attached hydrogen (secondary N) is 1. The average Bonchev–Trinajstić information content (AvgIpc) is 2.90. The van der Waals surface area contributed by atoms with E-state index in [1.54, 1.807) is 36.0 Å². The quantitative estimate of drug-likeness (QED) is 0.665. The van der Waals surface area contributed by atoms with Crippen LogP contribution in [0.3, 0.4) is 0 Å². The molecule has 1 fully saturated rings. The highest BCUT2D eigenvalue weighted by Gasteiger charge is 2.26. The van der Waals surface area contributed by atoms with E-state index >= 15 is 0 Å². The molecule has 0 saturated carbocycles. The van der Waals surface area contributed by atoms with Crippen LogP contribution in [0, 0.1) is 0 Å². The summed E-state index contributed by atoms with van der Waals surface area (Å²) in [7, 11) is 0. The van der Waals surface area contributed by atoms with Crippen molar-refractivity contribution in [1.29, 1.82) is 0 Å². The summed E-state index contributed by atoms with van der Waals surface area (Å²) in [6, 6.07) is 6.44. The molecule has 20 heavy (non-hydrogen) atoms. The Morgan fingerprint density at radius 3 is 2.60 bits per heavy atom. The number of ether oxygens (including phenoxy) is 1. The van der Waals surface area contributed by atoms with Crippen LogP contribution in [-0.2, 0) is 9.53 Å². The summed E-state index contributed by atoms with van der Waals surface area (Å²) >= 11 is 1.57. The van der Waals surface area contributed by atoms with Crippen molar-refractivity contribution in [3.8, 4) is 0 Å². The summed E-state index contributed by atoms with van der Waals surface area (Å²) in [6.07, 6.45) is 1.94. The van der Waals surface area contributed by atoms with Crippen molar-refractivity contribution < 1.29 is 19.1 Å². The van der Waals surface area contributed by atoms with Crippen LogP contribution >= 0.6 is 11.8 Å². The molecule has 0 aromatic heterocycles. The Morgan fingerprint density at radius 1 is 1.35 bits per heavy atom. The third kappa shape index (κ3) is 3.30. The van der Waals surface area contributed by atoms with Crippen LogP contribution in [0.1, 0.15) is 10.4 Å². The third-order valence-electron chi connectivity index (χ3n) is 2.81. The monoisotopic (exact) mass is 294 g/mol. The van der Waals surface area contributed by atoms with E-state index in [1.807, 2.05) is 6.26 Å². The first-order chi connectivity index (χ1) is 9.61. The van der Waals surface area contributed by atoms with Crippen LogP contribution < -0.4 is 5.32 Å². The molecule has 1 aliphatic heterocycles. The topological polar surface area (TPSA) is 75.7 Å². The first kappa shape index (κ1) is 14.4. The van der Waals surface area contributed by atoms with E-state index in [1.165, 1.54) is 0 Å². The predicted octanol–water partition coefficient (Wildman–Crippen LogP) is 1.12. The van der Waals surface area contributed by atoms with Crippen LogP contribution in [0.4, 0.5) is 4.79 Å². The average molecular weight is 294 g/mol. The molecule has 1 aliphatic rings. The molecule has 1 N–H and O–H groups in total. The van der Waals surface area contributed by atoms with Crippen LogP contribution in [0.2, 0.25) is 0 Å². The Bertz CT molecular complexity index is 530. The lowest BCUT2D eigenvalue weighted by atomic mass is 10.2. The van der Waals surface area contributed by atoms with Gasteiger partial charge in [-0.25, -0.2) is 9.59 Å². The number of thioether (sulfide) groups is 1. The summed E-state index contributed by atoms with van der Waals surface area (Å²) < 4.78 is 4.91. The van der Waals surface area contributed by atoms with E-state index in [-0.39, 0.29) is 0 Å². The molecule has 1 heterocycles. The second-order valence-corrected chi connectivity index (χ2v) is 4.96. The van der Waals surface area contributed by atoms with Gasteiger partial charge in [-0.2, -0.15) is 0 Å². The number of nitrogens with zero attached hydrogens (tertiary/aromatic N) is 1. The molecule has 1 aromatic rings. The summed E-state index contributed by atoms with van der Waals surface area (Å²) in [6.45, 7) is 0.294. The maximum absolute atomic E-state index is 11.7. The highest BCUT2D eigenvalue weighted by atomic mass is 32.2. The minimum absolute atomic E-state index is 0.303. The lowest BCUT2D eigenvalue weighted by Crippen LogP contribution is -2.37. The number of hydrogen-bond donors (Lipinski definition) is 1. The van der Waals surface area contributed by atoms with Gasteiger partial charge in [0.15, 0.2) is 6.61 Å². The van der Waals surface area contributed by atoms with Gasteiger partial charge in [0.2, 0.25) is 0 Å². The fourth-order valence-electron chi connectivity index (χ4n) is 1.73. The van der Waals surface area contributed by atoms with Gasteiger partial charge < -0.3 is 10.1 Å². The minimum atomic E-state index is -0.578. The first-order valence-electron chi connectivity index (χ1n) is 6.01. The zero-order valence-electron chi connectivity index (χ0n) is 10.9. The molecule has 2 rings (SSSR count). The maximum atomic E-state index is 11.7. The number of rotatable bonds is 4. The molecule has 3 amide bonds. The van der Waals surface area contributed by atoms with Gasteiger partial charge in [0.25, 0.3) is 5.91 Å². The smallest absolute Gasteiger partial charge is 0.338 e. The predicted molar refractivity (Wildman–Crippen MR) is 73.6 cm³/mol. The lowest BCUT2D eigenvalue weighted by molar-refractivity contribution is -0.130. The number of amides is 3. The second-order valence-electron chi connectivity index (χ2n) is 4.08. The zero-order valence-corrected chi connectivity index (χ0v) is 11.7. The van der Waals surface area contributed by atoms with Crippen LogP contribution in [-0.4, -0.2) is 48.8 Å². The summed E-state index contributed by atoms with van der Waals surface area (Å²) in [5.41, 5.74) is 0.376. The molecular weight excluding hydrogens is 280 g/mol. The number of imide groups is 1. The highest BCUT2D eigenvalue weighted by molar-refractivity contribution is 7.98. The maximum Gasteiger partial charge on any atom is 0.338 e. The number of esters is 1. The lowest BCUT2D eigenvalue weighted by Gasteiger charge is -2.12.